The smallest absolute Gasteiger partial charge is 0.225 e. The summed E-state index contributed by atoms with van der Waals surface area (Å²) in [6.07, 6.45) is 3.95. The predicted octanol–water partition coefficient (Wildman–Crippen LogP) is 1.44. The van der Waals surface area contributed by atoms with E-state index in [2.05, 4.69) is 0 Å². The lowest BCUT2D eigenvalue weighted by molar-refractivity contribution is -0.134. The molecule has 0 bridgehead atoms. The van der Waals surface area contributed by atoms with E-state index in [1.807, 2.05) is 14.1 Å². The first-order valence-electron chi connectivity index (χ1n) is 4.58. The van der Waals surface area contributed by atoms with E-state index in [0.717, 1.165) is 25.7 Å². The molecular weight excluding hydrogens is 223 g/mol. The summed E-state index contributed by atoms with van der Waals surface area (Å²) in [5, 5.41) is 0. The summed E-state index contributed by atoms with van der Waals surface area (Å²) in [7, 11) is 3.63. The van der Waals surface area contributed by atoms with Crippen molar-refractivity contribution in [2.75, 3.05) is 14.1 Å². The van der Waals surface area contributed by atoms with E-state index >= 15 is 0 Å². The van der Waals surface area contributed by atoms with Crippen LogP contribution in [0.1, 0.15) is 25.7 Å². The molecule has 1 saturated carbocycles. The molecule has 3 nitrogen and oxygen atoms in total. The van der Waals surface area contributed by atoms with Gasteiger partial charge in [-0.25, -0.2) is 0 Å². The number of rotatable bonds is 1. The third kappa shape index (κ3) is 4.49. The van der Waals surface area contributed by atoms with Gasteiger partial charge in [0.2, 0.25) is 5.91 Å². The fourth-order valence-corrected chi connectivity index (χ4v) is 1.73. The topological polar surface area (TPSA) is 46.3 Å². The normalized spacial score (nSPS) is 25.6. The summed E-state index contributed by atoms with van der Waals surface area (Å²) in [4.78, 5) is 13.2. The van der Waals surface area contributed by atoms with Gasteiger partial charge in [-0.3, -0.25) is 4.79 Å². The van der Waals surface area contributed by atoms with Crippen LogP contribution in [0.15, 0.2) is 0 Å². The van der Waals surface area contributed by atoms with Crippen molar-refractivity contribution in [2.24, 2.45) is 11.7 Å². The van der Waals surface area contributed by atoms with Crippen LogP contribution in [0.3, 0.4) is 0 Å². The Kier molecular flexibility index (Phi) is 8.60. The molecule has 86 valence electrons. The monoisotopic (exact) mass is 242 g/mol. The SMILES string of the molecule is CN(C)C(=O)C1CCC(N)CC1.Cl.Cl. The van der Waals surface area contributed by atoms with Crippen molar-refractivity contribution in [1.82, 2.24) is 4.90 Å². The van der Waals surface area contributed by atoms with Crippen LogP contribution in [0.2, 0.25) is 0 Å². The Hall–Kier alpha value is 0.01000. The minimum absolute atomic E-state index is 0. The Bertz CT molecular complexity index is 168. The molecule has 14 heavy (non-hydrogen) atoms. The summed E-state index contributed by atoms with van der Waals surface area (Å²) in [5.74, 6) is 0.502. The number of carbonyl (C=O) groups excluding carboxylic acids is 1. The van der Waals surface area contributed by atoms with Gasteiger partial charge in [-0.1, -0.05) is 0 Å². The summed E-state index contributed by atoms with van der Waals surface area (Å²) < 4.78 is 0. The summed E-state index contributed by atoms with van der Waals surface area (Å²) in [5.41, 5.74) is 5.75. The molecule has 1 rings (SSSR count). The Balaban J connectivity index is 0. The van der Waals surface area contributed by atoms with Gasteiger partial charge in [0.25, 0.3) is 0 Å². The number of hydrogen-bond acceptors (Lipinski definition) is 2. The lowest BCUT2D eigenvalue weighted by Crippen LogP contribution is -2.35. The molecule has 0 saturated heterocycles. The fraction of sp³-hybridized carbons (Fsp3) is 0.889. The van der Waals surface area contributed by atoms with E-state index in [4.69, 9.17) is 5.73 Å². The number of amides is 1. The molecule has 1 aliphatic carbocycles. The zero-order valence-electron chi connectivity index (χ0n) is 8.73. The molecule has 0 radical (unpaired) electrons. The molecule has 0 spiro atoms. The summed E-state index contributed by atoms with van der Waals surface area (Å²) >= 11 is 0. The van der Waals surface area contributed by atoms with Gasteiger partial charge in [-0.15, -0.1) is 24.8 Å². The maximum absolute atomic E-state index is 11.5. The fourth-order valence-electron chi connectivity index (χ4n) is 1.73. The van der Waals surface area contributed by atoms with Gasteiger partial charge in [-0.2, -0.15) is 0 Å². The first-order valence-corrected chi connectivity index (χ1v) is 4.58. The molecule has 1 fully saturated rings. The van der Waals surface area contributed by atoms with Crippen molar-refractivity contribution < 1.29 is 4.79 Å². The van der Waals surface area contributed by atoms with Gasteiger partial charge in [0, 0.05) is 26.1 Å². The molecule has 0 atom stereocenters. The van der Waals surface area contributed by atoms with Crippen molar-refractivity contribution in [3.8, 4) is 0 Å². The van der Waals surface area contributed by atoms with Crippen LogP contribution in [0, 0.1) is 5.92 Å². The molecule has 0 heterocycles. The maximum atomic E-state index is 11.5. The van der Waals surface area contributed by atoms with Gasteiger partial charge < -0.3 is 10.6 Å². The molecular formula is C9H20Cl2N2O. The van der Waals surface area contributed by atoms with Crippen LogP contribution in [0.25, 0.3) is 0 Å². The second-order valence-electron chi connectivity index (χ2n) is 3.84. The second kappa shape index (κ2) is 7.32. The zero-order valence-corrected chi connectivity index (χ0v) is 10.4. The van der Waals surface area contributed by atoms with E-state index in [1.165, 1.54) is 0 Å². The van der Waals surface area contributed by atoms with Crippen LogP contribution < -0.4 is 5.73 Å². The van der Waals surface area contributed by atoms with Gasteiger partial charge in [0.05, 0.1) is 0 Å². The van der Waals surface area contributed by atoms with Crippen molar-refractivity contribution in [3.05, 3.63) is 0 Å². The Morgan fingerprint density at radius 1 is 1.14 bits per heavy atom. The molecule has 5 heteroatoms. The molecule has 0 aromatic rings. The van der Waals surface area contributed by atoms with Crippen molar-refractivity contribution >= 4 is 30.7 Å². The summed E-state index contributed by atoms with van der Waals surface area (Å²) in [6.45, 7) is 0. The van der Waals surface area contributed by atoms with Crippen molar-refractivity contribution in [1.29, 1.82) is 0 Å². The first kappa shape index (κ1) is 16.4. The highest BCUT2D eigenvalue weighted by Gasteiger charge is 2.25. The van der Waals surface area contributed by atoms with E-state index in [-0.39, 0.29) is 36.6 Å². The standard InChI is InChI=1S/C9H18N2O.2ClH/c1-11(2)9(12)7-3-5-8(10)6-4-7;;/h7-8H,3-6,10H2,1-2H3;2*1H. The third-order valence-corrected chi connectivity index (χ3v) is 2.56. The average Bonchev–Trinajstić information content (AvgIpc) is 2.04. The molecule has 0 aliphatic heterocycles. The zero-order chi connectivity index (χ0) is 9.14. The Morgan fingerprint density at radius 3 is 1.93 bits per heavy atom. The van der Waals surface area contributed by atoms with Crippen molar-refractivity contribution in [3.63, 3.8) is 0 Å². The average molecular weight is 243 g/mol. The lowest BCUT2D eigenvalue weighted by atomic mass is 9.86. The van der Waals surface area contributed by atoms with E-state index in [1.54, 1.807) is 4.90 Å². The van der Waals surface area contributed by atoms with E-state index < -0.39 is 0 Å². The predicted molar refractivity (Wildman–Crippen MR) is 63.1 cm³/mol. The number of carbonyl (C=O) groups is 1. The summed E-state index contributed by atoms with van der Waals surface area (Å²) in [6, 6.07) is 0.330. The highest BCUT2D eigenvalue weighted by atomic mass is 35.5. The van der Waals surface area contributed by atoms with Gasteiger partial charge in [-0.05, 0) is 25.7 Å². The van der Waals surface area contributed by atoms with E-state index in [9.17, 15) is 4.79 Å². The van der Waals surface area contributed by atoms with Gasteiger partial charge in [0.1, 0.15) is 0 Å². The van der Waals surface area contributed by atoms with Crippen LogP contribution in [-0.4, -0.2) is 30.9 Å². The molecule has 2 N–H and O–H groups in total. The minimum atomic E-state index is 0. The van der Waals surface area contributed by atoms with E-state index in [0.29, 0.717) is 6.04 Å². The Labute approximate surface area is 98.2 Å². The highest BCUT2D eigenvalue weighted by Crippen LogP contribution is 2.24. The second-order valence-corrected chi connectivity index (χ2v) is 3.84. The van der Waals surface area contributed by atoms with Crippen LogP contribution in [0.5, 0.6) is 0 Å². The molecule has 1 aliphatic rings. The third-order valence-electron chi connectivity index (χ3n) is 2.56. The number of nitrogens with zero attached hydrogens (tertiary/aromatic N) is 1. The van der Waals surface area contributed by atoms with Crippen LogP contribution in [-0.2, 0) is 4.79 Å². The molecule has 0 aromatic carbocycles. The quantitative estimate of drug-likeness (QED) is 0.757. The lowest BCUT2D eigenvalue weighted by Gasteiger charge is -2.27. The number of nitrogens with two attached hydrogens (primary N) is 1. The van der Waals surface area contributed by atoms with Crippen LogP contribution in [0.4, 0.5) is 0 Å². The number of halogens is 2. The highest BCUT2D eigenvalue weighted by molar-refractivity contribution is 5.85. The van der Waals surface area contributed by atoms with Crippen molar-refractivity contribution in [2.45, 2.75) is 31.7 Å². The molecule has 0 aromatic heterocycles. The molecule has 0 unspecified atom stereocenters. The number of hydrogen-bond donors (Lipinski definition) is 1. The minimum Gasteiger partial charge on any atom is -0.349 e. The maximum Gasteiger partial charge on any atom is 0.225 e. The van der Waals surface area contributed by atoms with Crippen LogP contribution >= 0.6 is 24.8 Å². The van der Waals surface area contributed by atoms with Gasteiger partial charge in [0.15, 0.2) is 0 Å². The largest absolute Gasteiger partial charge is 0.349 e. The first-order chi connectivity index (χ1) is 5.61. The van der Waals surface area contributed by atoms with Gasteiger partial charge >= 0.3 is 0 Å². The molecule has 1 amide bonds. The Morgan fingerprint density at radius 2 is 1.57 bits per heavy atom.